The van der Waals surface area contributed by atoms with E-state index < -0.39 is 0 Å². The maximum absolute atomic E-state index is 12.0. The zero-order valence-corrected chi connectivity index (χ0v) is 14.1. The Labute approximate surface area is 139 Å². The van der Waals surface area contributed by atoms with Crippen molar-refractivity contribution < 1.29 is 4.79 Å². The number of hydrogen-bond acceptors (Lipinski definition) is 2. The Morgan fingerprint density at radius 3 is 2.64 bits per heavy atom. The first-order valence-corrected chi connectivity index (χ1v) is 7.61. The number of carbonyl (C=O) groups is 1. The van der Waals surface area contributed by atoms with Crippen molar-refractivity contribution >= 4 is 35.3 Å². The maximum atomic E-state index is 12.0. The maximum Gasteiger partial charge on any atom is 0.272 e. The van der Waals surface area contributed by atoms with E-state index >= 15 is 0 Å². The quantitative estimate of drug-likeness (QED) is 0.650. The zero-order chi connectivity index (χ0) is 16.3. The van der Waals surface area contributed by atoms with E-state index in [0.717, 1.165) is 11.3 Å². The monoisotopic (exact) mass is 337 g/mol. The van der Waals surface area contributed by atoms with Crippen molar-refractivity contribution in [1.29, 1.82) is 0 Å². The molecule has 0 saturated heterocycles. The molecular weight excluding hydrogens is 321 g/mol. The molecule has 0 bridgehead atoms. The van der Waals surface area contributed by atoms with Crippen molar-refractivity contribution in [2.75, 3.05) is 0 Å². The Balaban J connectivity index is 2.06. The number of carbonyl (C=O) groups excluding carboxylic acids is 1. The van der Waals surface area contributed by atoms with Crippen LogP contribution in [0.15, 0.2) is 35.6 Å². The summed E-state index contributed by atoms with van der Waals surface area (Å²) in [6.07, 6.45) is 3.60. The van der Waals surface area contributed by atoms with Crippen molar-refractivity contribution in [2.24, 2.45) is 5.10 Å². The van der Waals surface area contributed by atoms with E-state index in [1.165, 1.54) is 6.07 Å². The van der Waals surface area contributed by atoms with Crippen molar-refractivity contribution in [1.82, 2.24) is 9.99 Å². The molecule has 4 nitrogen and oxygen atoms in total. The van der Waals surface area contributed by atoms with Crippen molar-refractivity contribution in [3.8, 4) is 0 Å². The fourth-order valence-corrected chi connectivity index (χ4v) is 2.64. The second-order valence-electron chi connectivity index (χ2n) is 5.24. The Morgan fingerprint density at radius 1 is 1.32 bits per heavy atom. The Kier molecular flexibility index (Phi) is 5.27. The minimum absolute atomic E-state index is 0.294. The Bertz CT molecular complexity index is 720. The van der Waals surface area contributed by atoms with Crippen molar-refractivity contribution in [3.05, 3.63) is 57.3 Å². The van der Waals surface area contributed by atoms with E-state index in [2.05, 4.69) is 28.9 Å². The summed E-state index contributed by atoms with van der Waals surface area (Å²) >= 11 is 11.8. The van der Waals surface area contributed by atoms with Crippen LogP contribution < -0.4 is 5.43 Å². The lowest BCUT2D eigenvalue weighted by Crippen LogP contribution is -2.17. The summed E-state index contributed by atoms with van der Waals surface area (Å²) in [5.41, 5.74) is 4.86. The predicted molar refractivity (Wildman–Crippen MR) is 91.1 cm³/mol. The highest BCUT2D eigenvalue weighted by Crippen LogP contribution is 2.20. The summed E-state index contributed by atoms with van der Waals surface area (Å²) in [5.74, 6) is -0.377. The van der Waals surface area contributed by atoms with E-state index in [-0.39, 0.29) is 5.91 Å². The van der Waals surface area contributed by atoms with Crippen LogP contribution in [-0.4, -0.2) is 16.7 Å². The summed E-state index contributed by atoms with van der Waals surface area (Å²) < 4.78 is 2.14. The van der Waals surface area contributed by atoms with Crippen LogP contribution in [0.3, 0.4) is 0 Å². The first kappa shape index (κ1) is 16.6. The van der Waals surface area contributed by atoms with E-state index in [1.54, 1.807) is 18.3 Å². The van der Waals surface area contributed by atoms with Gasteiger partial charge in [0.05, 0.1) is 16.8 Å². The summed E-state index contributed by atoms with van der Waals surface area (Å²) in [5, 5.41) is 4.74. The number of hydrazone groups is 1. The number of aryl methyl sites for hydroxylation is 1. The van der Waals surface area contributed by atoms with E-state index in [4.69, 9.17) is 23.2 Å². The number of halogens is 2. The second kappa shape index (κ2) is 6.99. The highest BCUT2D eigenvalue weighted by molar-refractivity contribution is 6.36. The number of nitrogens with zero attached hydrogens (tertiary/aromatic N) is 2. The lowest BCUT2D eigenvalue weighted by Gasteiger charge is -2.08. The molecule has 0 saturated carbocycles. The molecule has 116 valence electrons. The molecule has 6 heteroatoms. The van der Waals surface area contributed by atoms with Gasteiger partial charge in [-0.1, -0.05) is 23.2 Å². The van der Waals surface area contributed by atoms with Crippen LogP contribution in [0, 0.1) is 6.92 Å². The van der Waals surface area contributed by atoms with Gasteiger partial charge < -0.3 is 4.57 Å². The molecule has 1 N–H and O–H groups in total. The molecule has 2 rings (SSSR count). The predicted octanol–water partition coefficient (Wildman–Crippen LogP) is 4.45. The molecule has 0 aliphatic carbocycles. The van der Waals surface area contributed by atoms with Crippen LogP contribution in [-0.2, 0) is 0 Å². The number of aromatic nitrogens is 1. The van der Waals surface area contributed by atoms with Gasteiger partial charge in [0.15, 0.2) is 0 Å². The SMILES string of the molecule is Cc1cc(/C=N\NC(=O)c2ccc(Cl)cc2Cl)cn1C(C)C. The van der Waals surface area contributed by atoms with Gasteiger partial charge in [-0.2, -0.15) is 5.10 Å². The highest BCUT2D eigenvalue weighted by atomic mass is 35.5. The van der Waals surface area contributed by atoms with Gasteiger partial charge in [-0.15, -0.1) is 0 Å². The zero-order valence-electron chi connectivity index (χ0n) is 12.6. The number of nitrogens with one attached hydrogen (secondary N) is 1. The average Bonchev–Trinajstić information content (AvgIpc) is 2.80. The molecule has 1 amide bonds. The second-order valence-corrected chi connectivity index (χ2v) is 6.08. The molecule has 0 fully saturated rings. The van der Waals surface area contributed by atoms with Gasteiger partial charge in [0.1, 0.15) is 0 Å². The molecule has 0 aliphatic rings. The van der Waals surface area contributed by atoms with Crippen LogP contribution in [0.25, 0.3) is 0 Å². The molecular formula is C16H17Cl2N3O. The standard InChI is InChI=1S/C16H17Cl2N3O/c1-10(2)21-9-12(6-11(21)3)8-19-20-16(22)14-5-4-13(17)7-15(14)18/h4-10H,1-3H3,(H,20,22)/b19-8-. The molecule has 1 heterocycles. The topological polar surface area (TPSA) is 46.4 Å². The lowest BCUT2D eigenvalue weighted by molar-refractivity contribution is 0.0955. The van der Waals surface area contributed by atoms with Gasteiger partial charge in [-0.3, -0.25) is 4.79 Å². The van der Waals surface area contributed by atoms with E-state index in [9.17, 15) is 4.79 Å². The molecule has 2 aromatic rings. The smallest absolute Gasteiger partial charge is 0.272 e. The third-order valence-corrected chi connectivity index (χ3v) is 3.73. The summed E-state index contributed by atoms with van der Waals surface area (Å²) in [6.45, 7) is 6.25. The number of benzene rings is 1. The van der Waals surface area contributed by atoms with Gasteiger partial charge in [0, 0.05) is 28.5 Å². The summed E-state index contributed by atoms with van der Waals surface area (Å²) in [4.78, 5) is 12.0. The first-order valence-electron chi connectivity index (χ1n) is 6.85. The summed E-state index contributed by atoms with van der Waals surface area (Å²) in [7, 11) is 0. The lowest BCUT2D eigenvalue weighted by atomic mass is 10.2. The average molecular weight is 338 g/mol. The molecule has 22 heavy (non-hydrogen) atoms. The van der Waals surface area contributed by atoms with Crippen LogP contribution in [0.4, 0.5) is 0 Å². The summed E-state index contributed by atoms with van der Waals surface area (Å²) in [6, 6.07) is 7.08. The van der Waals surface area contributed by atoms with Gasteiger partial charge in [0.25, 0.3) is 5.91 Å². The van der Waals surface area contributed by atoms with E-state index in [0.29, 0.717) is 21.7 Å². The van der Waals surface area contributed by atoms with Crippen molar-refractivity contribution in [2.45, 2.75) is 26.8 Å². The molecule has 0 aliphatic heterocycles. The van der Waals surface area contributed by atoms with Crippen LogP contribution in [0.2, 0.25) is 10.0 Å². The molecule has 0 radical (unpaired) electrons. The van der Waals surface area contributed by atoms with Crippen LogP contribution in [0.1, 0.15) is 41.5 Å². The molecule has 0 unspecified atom stereocenters. The van der Waals surface area contributed by atoms with Crippen LogP contribution >= 0.6 is 23.2 Å². The van der Waals surface area contributed by atoms with Crippen LogP contribution in [0.5, 0.6) is 0 Å². The number of hydrogen-bond donors (Lipinski definition) is 1. The van der Waals surface area contributed by atoms with Gasteiger partial charge in [-0.05, 0) is 45.0 Å². The van der Waals surface area contributed by atoms with Gasteiger partial charge in [-0.25, -0.2) is 5.43 Å². The number of rotatable bonds is 4. The van der Waals surface area contributed by atoms with Gasteiger partial charge in [0.2, 0.25) is 0 Å². The first-order chi connectivity index (χ1) is 10.4. The molecule has 0 atom stereocenters. The minimum Gasteiger partial charge on any atom is -0.349 e. The third kappa shape index (κ3) is 3.90. The van der Waals surface area contributed by atoms with Gasteiger partial charge >= 0.3 is 0 Å². The fourth-order valence-electron chi connectivity index (χ4n) is 2.14. The molecule has 1 aromatic carbocycles. The number of amides is 1. The third-order valence-electron chi connectivity index (χ3n) is 3.18. The van der Waals surface area contributed by atoms with E-state index in [1.807, 2.05) is 19.2 Å². The Hall–Kier alpha value is -1.78. The fraction of sp³-hybridized carbons (Fsp3) is 0.250. The normalized spacial score (nSPS) is 11.4. The Morgan fingerprint density at radius 2 is 2.05 bits per heavy atom. The van der Waals surface area contributed by atoms with Crippen molar-refractivity contribution in [3.63, 3.8) is 0 Å². The largest absolute Gasteiger partial charge is 0.349 e. The molecule has 1 aromatic heterocycles. The highest BCUT2D eigenvalue weighted by Gasteiger charge is 2.09. The minimum atomic E-state index is -0.377. The molecule has 0 spiro atoms.